The van der Waals surface area contributed by atoms with Crippen molar-refractivity contribution in [3.63, 3.8) is 0 Å². The number of hydrogen-bond acceptors (Lipinski definition) is 2. The molecule has 0 aliphatic heterocycles. The van der Waals surface area contributed by atoms with Gasteiger partial charge >= 0.3 is 0 Å². The van der Waals surface area contributed by atoms with Gasteiger partial charge in [0.25, 0.3) is 0 Å². The summed E-state index contributed by atoms with van der Waals surface area (Å²) in [5.74, 6) is -0.396. The topological polar surface area (TPSA) is 46.2 Å². The maximum atomic E-state index is 13.8. The smallest absolute Gasteiger partial charge is 0.207 e. The Hall–Kier alpha value is -1.01. The Bertz CT molecular complexity index is 661. The Morgan fingerprint density at radius 2 is 1.41 bits per heavy atom. The van der Waals surface area contributed by atoms with Crippen molar-refractivity contribution in [1.82, 2.24) is 4.72 Å². The van der Waals surface area contributed by atoms with Crippen LogP contribution in [0.3, 0.4) is 0 Å². The van der Waals surface area contributed by atoms with Gasteiger partial charge in [0, 0.05) is 5.54 Å². The highest BCUT2D eigenvalue weighted by molar-refractivity contribution is 7.89. The highest BCUT2D eigenvalue weighted by Gasteiger charge is 2.52. The molecule has 0 amide bonds. The highest BCUT2D eigenvalue weighted by atomic mass is 32.2. The normalized spacial score (nSPS) is 36.7. The molecule has 1 aromatic carbocycles. The SMILES string of the molecule is O=S(=O)(NC12CC3CC(CC(C3)C1)C2)c1c(F)cccc1F. The molecule has 4 bridgehead atoms. The van der Waals surface area contributed by atoms with Crippen LogP contribution < -0.4 is 4.72 Å². The number of nitrogens with one attached hydrogen (secondary N) is 1. The minimum absolute atomic E-state index is 0.498. The highest BCUT2D eigenvalue weighted by Crippen LogP contribution is 2.56. The van der Waals surface area contributed by atoms with Gasteiger partial charge in [0.15, 0.2) is 4.90 Å². The maximum absolute atomic E-state index is 13.8. The summed E-state index contributed by atoms with van der Waals surface area (Å²) in [7, 11) is -4.18. The van der Waals surface area contributed by atoms with Gasteiger partial charge in [-0.1, -0.05) is 6.07 Å². The molecule has 6 heteroatoms. The van der Waals surface area contributed by atoms with E-state index in [4.69, 9.17) is 0 Å². The summed E-state index contributed by atoms with van der Waals surface area (Å²) in [4.78, 5) is -0.842. The molecule has 22 heavy (non-hydrogen) atoms. The molecule has 4 fully saturated rings. The van der Waals surface area contributed by atoms with Crippen molar-refractivity contribution >= 4 is 10.0 Å². The van der Waals surface area contributed by atoms with Gasteiger partial charge in [-0.15, -0.1) is 0 Å². The zero-order valence-electron chi connectivity index (χ0n) is 12.2. The van der Waals surface area contributed by atoms with Gasteiger partial charge in [0.1, 0.15) is 11.6 Å². The molecule has 1 aromatic rings. The molecule has 0 radical (unpaired) electrons. The summed E-state index contributed by atoms with van der Waals surface area (Å²) in [6.07, 6.45) is 5.93. The predicted molar refractivity (Wildman–Crippen MR) is 77.6 cm³/mol. The Morgan fingerprint density at radius 3 is 1.86 bits per heavy atom. The van der Waals surface area contributed by atoms with Crippen molar-refractivity contribution in [2.24, 2.45) is 17.8 Å². The van der Waals surface area contributed by atoms with Gasteiger partial charge in [-0.25, -0.2) is 21.9 Å². The van der Waals surface area contributed by atoms with Gasteiger partial charge in [0.2, 0.25) is 10.0 Å². The van der Waals surface area contributed by atoms with Crippen LogP contribution in [-0.4, -0.2) is 14.0 Å². The zero-order chi connectivity index (χ0) is 15.5. The maximum Gasteiger partial charge on any atom is 0.246 e. The third kappa shape index (κ3) is 2.27. The van der Waals surface area contributed by atoms with Gasteiger partial charge < -0.3 is 0 Å². The van der Waals surface area contributed by atoms with Gasteiger partial charge in [-0.3, -0.25) is 0 Å². The molecule has 0 aromatic heterocycles. The quantitative estimate of drug-likeness (QED) is 0.926. The van der Waals surface area contributed by atoms with Crippen molar-refractivity contribution in [3.05, 3.63) is 29.8 Å². The van der Waals surface area contributed by atoms with Crippen LogP contribution >= 0.6 is 0 Å². The molecule has 1 N–H and O–H groups in total. The van der Waals surface area contributed by atoms with E-state index in [9.17, 15) is 17.2 Å². The second-order valence-corrected chi connectivity index (χ2v) is 8.97. The van der Waals surface area contributed by atoms with Gasteiger partial charge in [-0.2, -0.15) is 0 Å². The van der Waals surface area contributed by atoms with Crippen LogP contribution in [0.4, 0.5) is 8.78 Å². The van der Waals surface area contributed by atoms with Crippen LogP contribution in [0.1, 0.15) is 38.5 Å². The fourth-order valence-corrected chi connectivity index (χ4v) is 6.88. The van der Waals surface area contributed by atoms with Gasteiger partial charge in [-0.05, 0) is 68.4 Å². The van der Waals surface area contributed by atoms with Crippen LogP contribution in [0.2, 0.25) is 0 Å². The second kappa shape index (κ2) is 4.74. The fraction of sp³-hybridized carbons (Fsp3) is 0.625. The monoisotopic (exact) mass is 327 g/mol. The molecule has 0 spiro atoms. The summed E-state index contributed by atoms with van der Waals surface area (Å²) in [5.41, 5.74) is -0.498. The molecule has 0 heterocycles. The molecule has 120 valence electrons. The Morgan fingerprint density at radius 1 is 0.955 bits per heavy atom. The lowest BCUT2D eigenvalue weighted by Crippen LogP contribution is -2.59. The van der Waals surface area contributed by atoms with E-state index in [-0.39, 0.29) is 0 Å². The molecule has 0 saturated heterocycles. The van der Waals surface area contributed by atoms with Crippen molar-refractivity contribution in [3.8, 4) is 0 Å². The Kier molecular flexibility index (Phi) is 3.14. The lowest BCUT2D eigenvalue weighted by atomic mass is 9.53. The summed E-state index contributed by atoms with van der Waals surface area (Å²) in [6, 6.07) is 3.14. The van der Waals surface area contributed by atoms with E-state index in [0.29, 0.717) is 17.8 Å². The number of rotatable bonds is 3. The van der Waals surface area contributed by atoms with Crippen molar-refractivity contribution < 1.29 is 17.2 Å². The first-order chi connectivity index (χ1) is 10.4. The molecular formula is C16H19F2NO2S. The molecule has 4 aliphatic carbocycles. The largest absolute Gasteiger partial charge is 0.246 e. The predicted octanol–water partition coefficient (Wildman–Crippen LogP) is 3.21. The Balaban J connectivity index is 1.68. The molecule has 4 saturated carbocycles. The van der Waals surface area contributed by atoms with Crippen LogP contribution in [0.5, 0.6) is 0 Å². The Labute approximate surface area is 129 Å². The van der Waals surface area contributed by atoms with E-state index < -0.39 is 32.1 Å². The van der Waals surface area contributed by atoms with E-state index in [1.165, 1.54) is 25.3 Å². The third-order valence-corrected chi connectivity index (χ3v) is 7.21. The summed E-state index contributed by atoms with van der Waals surface area (Å²) in [6.45, 7) is 0. The van der Waals surface area contributed by atoms with E-state index in [2.05, 4.69) is 4.72 Å². The number of sulfonamides is 1. The number of benzene rings is 1. The minimum Gasteiger partial charge on any atom is -0.207 e. The molecular weight excluding hydrogens is 308 g/mol. The fourth-order valence-electron chi connectivity index (χ4n) is 5.31. The average Bonchev–Trinajstić information content (AvgIpc) is 2.34. The standard InChI is InChI=1S/C16H19F2NO2S/c17-13-2-1-3-14(18)15(13)22(20,21)19-16-7-10-4-11(8-16)6-12(5-10)9-16/h1-3,10-12,19H,4-9H2. The van der Waals surface area contributed by atoms with Crippen LogP contribution in [0.25, 0.3) is 0 Å². The first kappa shape index (κ1) is 14.6. The van der Waals surface area contributed by atoms with Crippen molar-refractivity contribution in [2.75, 3.05) is 0 Å². The lowest BCUT2D eigenvalue weighted by Gasteiger charge is -2.56. The first-order valence-corrected chi connectivity index (χ1v) is 9.33. The lowest BCUT2D eigenvalue weighted by molar-refractivity contribution is -0.00814. The number of hydrogen-bond donors (Lipinski definition) is 1. The van der Waals surface area contributed by atoms with E-state index in [1.54, 1.807) is 0 Å². The van der Waals surface area contributed by atoms with Crippen LogP contribution in [0, 0.1) is 29.4 Å². The van der Waals surface area contributed by atoms with E-state index in [0.717, 1.165) is 31.4 Å². The van der Waals surface area contributed by atoms with Crippen LogP contribution in [-0.2, 0) is 10.0 Å². The summed E-state index contributed by atoms with van der Waals surface area (Å²) >= 11 is 0. The van der Waals surface area contributed by atoms with Gasteiger partial charge in [0.05, 0.1) is 0 Å². The molecule has 0 unspecified atom stereocenters. The average molecular weight is 327 g/mol. The van der Waals surface area contributed by atoms with E-state index in [1.807, 2.05) is 0 Å². The molecule has 5 rings (SSSR count). The van der Waals surface area contributed by atoms with Crippen LogP contribution in [0.15, 0.2) is 23.1 Å². The van der Waals surface area contributed by atoms with Crippen molar-refractivity contribution in [1.29, 1.82) is 0 Å². The first-order valence-electron chi connectivity index (χ1n) is 7.85. The molecule has 3 nitrogen and oxygen atoms in total. The molecule has 4 aliphatic rings. The summed E-state index contributed by atoms with van der Waals surface area (Å²) in [5, 5.41) is 0. The van der Waals surface area contributed by atoms with E-state index >= 15 is 0 Å². The second-order valence-electron chi connectivity index (χ2n) is 7.35. The number of halogens is 2. The molecule has 0 atom stereocenters. The van der Waals surface area contributed by atoms with Crippen molar-refractivity contribution in [2.45, 2.75) is 49.0 Å². The zero-order valence-corrected chi connectivity index (χ0v) is 13.0. The third-order valence-electron chi connectivity index (χ3n) is 5.58. The summed E-state index contributed by atoms with van der Waals surface area (Å²) < 4.78 is 55.5. The minimum atomic E-state index is -4.18.